The zero-order valence-corrected chi connectivity index (χ0v) is 14.8. The lowest BCUT2D eigenvalue weighted by atomic mass is 9.98. The molecule has 0 spiro atoms. The molecule has 2 rings (SSSR count). The van der Waals surface area contributed by atoms with Gasteiger partial charge < -0.3 is 15.7 Å². The Morgan fingerprint density at radius 3 is 2.36 bits per heavy atom. The number of nitrogens with one attached hydrogen (secondary N) is 2. The molecule has 1 aromatic carbocycles. The summed E-state index contributed by atoms with van der Waals surface area (Å²) in [5.41, 5.74) is 1.37. The minimum Gasteiger partial charge on any atom is -0.480 e. The summed E-state index contributed by atoms with van der Waals surface area (Å²) in [6, 6.07) is 8.62. The van der Waals surface area contributed by atoms with Crippen LogP contribution in [0.4, 0.5) is 11.6 Å². The van der Waals surface area contributed by atoms with Gasteiger partial charge in [0.2, 0.25) is 5.95 Å². The summed E-state index contributed by atoms with van der Waals surface area (Å²) in [4.78, 5) is 32.3. The normalized spacial score (nSPS) is 13.0. The second-order valence-electron chi connectivity index (χ2n) is 6.13. The molecule has 25 heavy (non-hydrogen) atoms. The smallest absolute Gasteiger partial charge is 0.329 e. The Kier molecular flexibility index (Phi) is 5.36. The van der Waals surface area contributed by atoms with Gasteiger partial charge in [0.15, 0.2) is 0 Å². The first-order valence-electron chi connectivity index (χ1n) is 7.99. The number of aliphatic carboxylic acids is 1. The molecule has 7 heteroatoms. The summed E-state index contributed by atoms with van der Waals surface area (Å²) in [6.07, 6.45) is 0.280. The van der Waals surface area contributed by atoms with Crippen molar-refractivity contribution in [2.24, 2.45) is 0 Å². The molecule has 0 aliphatic heterocycles. The van der Waals surface area contributed by atoms with E-state index in [1.165, 1.54) is 6.92 Å². The molecule has 0 fully saturated rings. The maximum atomic E-state index is 12.4. The third kappa shape index (κ3) is 4.53. The standard InChI is InChI=1S/C18H22N4O3/c1-5-18(4,16(24)25)22-15(23)13-7-6-8-14(10-13)21-17-19-11(2)9-12(3)20-17/h6-10H,5H2,1-4H3,(H,22,23)(H,24,25)(H,19,20,21). The van der Waals surface area contributed by atoms with Crippen molar-refractivity contribution in [2.45, 2.75) is 39.7 Å². The number of anilines is 2. The number of hydrogen-bond acceptors (Lipinski definition) is 5. The van der Waals surface area contributed by atoms with Gasteiger partial charge in [-0.05, 0) is 51.5 Å². The Morgan fingerprint density at radius 2 is 1.80 bits per heavy atom. The Labute approximate surface area is 146 Å². The summed E-state index contributed by atoms with van der Waals surface area (Å²) in [6.45, 7) is 6.95. The summed E-state index contributed by atoms with van der Waals surface area (Å²) in [5.74, 6) is -1.07. The topological polar surface area (TPSA) is 104 Å². The summed E-state index contributed by atoms with van der Waals surface area (Å²) >= 11 is 0. The minimum absolute atomic E-state index is 0.280. The van der Waals surface area contributed by atoms with Crippen LogP contribution in [0.15, 0.2) is 30.3 Å². The molecule has 0 radical (unpaired) electrons. The third-order valence-electron chi connectivity index (χ3n) is 3.93. The first-order chi connectivity index (χ1) is 11.7. The van der Waals surface area contributed by atoms with Crippen molar-refractivity contribution in [3.63, 3.8) is 0 Å². The van der Waals surface area contributed by atoms with Crippen molar-refractivity contribution in [3.8, 4) is 0 Å². The van der Waals surface area contributed by atoms with E-state index in [9.17, 15) is 14.7 Å². The number of carboxylic acids is 1. The van der Waals surface area contributed by atoms with Crippen LogP contribution in [0, 0.1) is 13.8 Å². The molecule has 1 unspecified atom stereocenters. The number of carbonyl (C=O) groups is 2. The van der Waals surface area contributed by atoms with E-state index in [4.69, 9.17) is 0 Å². The van der Waals surface area contributed by atoms with Gasteiger partial charge in [0.05, 0.1) is 0 Å². The fourth-order valence-electron chi connectivity index (χ4n) is 2.26. The van der Waals surface area contributed by atoms with Crippen LogP contribution >= 0.6 is 0 Å². The quantitative estimate of drug-likeness (QED) is 0.746. The Bertz CT molecular complexity index is 786. The molecule has 1 aromatic heterocycles. The molecular weight excluding hydrogens is 320 g/mol. The molecule has 1 atom stereocenters. The van der Waals surface area contributed by atoms with Gasteiger partial charge in [-0.2, -0.15) is 0 Å². The number of amides is 1. The molecule has 7 nitrogen and oxygen atoms in total. The Morgan fingerprint density at radius 1 is 1.16 bits per heavy atom. The molecule has 1 amide bonds. The number of aromatic nitrogens is 2. The maximum absolute atomic E-state index is 12.4. The predicted molar refractivity (Wildman–Crippen MR) is 95.0 cm³/mol. The number of rotatable bonds is 6. The van der Waals surface area contributed by atoms with Gasteiger partial charge >= 0.3 is 5.97 Å². The van der Waals surface area contributed by atoms with Crippen molar-refractivity contribution < 1.29 is 14.7 Å². The number of aryl methyl sites for hydroxylation is 2. The highest BCUT2D eigenvalue weighted by Crippen LogP contribution is 2.17. The highest BCUT2D eigenvalue weighted by atomic mass is 16.4. The van der Waals surface area contributed by atoms with Gasteiger partial charge in [-0.25, -0.2) is 14.8 Å². The van der Waals surface area contributed by atoms with E-state index in [0.717, 1.165) is 11.4 Å². The first-order valence-corrected chi connectivity index (χ1v) is 7.99. The fourth-order valence-corrected chi connectivity index (χ4v) is 2.26. The van der Waals surface area contributed by atoms with Gasteiger partial charge in [-0.3, -0.25) is 4.79 Å². The maximum Gasteiger partial charge on any atom is 0.329 e. The zero-order valence-electron chi connectivity index (χ0n) is 14.8. The predicted octanol–water partition coefficient (Wildman–Crippen LogP) is 2.82. The van der Waals surface area contributed by atoms with Crippen LogP contribution in [0.25, 0.3) is 0 Å². The SMILES string of the molecule is CCC(C)(NC(=O)c1cccc(Nc2nc(C)cc(C)n2)c1)C(=O)O. The van der Waals surface area contributed by atoms with Gasteiger partial charge in [0.25, 0.3) is 5.91 Å². The molecule has 1 heterocycles. The highest BCUT2D eigenvalue weighted by Gasteiger charge is 2.33. The van der Waals surface area contributed by atoms with Gasteiger partial charge in [0, 0.05) is 22.6 Å². The van der Waals surface area contributed by atoms with Crippen LogP contribution in [0.1, 0.15) is 42.0 Å². The molecule has 0 saturated heterocycles. The summed E-state index contributed by atoms with van der Waals surface area (Å²) in [7, 11) is 0. The molecule has 0 aliphatic carbocycles. The van der Waals surface area contributed by atoms with E-state index in [-0.39, 0.29) is 6.42 Å². The largest absolute Gasteiger partial charge is 0.480 e. The van der Waals surface area contributed by atoms with Crippen LogP contribution in [0.2, 0.25) is 0 Å². The third-order valence-corrected chi connectivity index (χ3v) is 3.93. The summed E-state index contributed by atoms with van der Waals surface area (Å²) in [5, 5.41) is 14.9. The first kappa shape index (κ1) is 18.4. The lowest BCUT2D eigenvalue weighted by Gasteiger charge is -2.24. The second kappa shape index (κ2) is 7.29. The number of benzene rings is 1. The average Bonchev–Trinajstić information content (AvgIpc) is 2.53. The van der Waals surface area contributed by atoms with Gasteiger partial charge in [-0.1, -0.05) is 13.0 Å². The Balaban J connectivity index is 2.20. The van der Waals surface area contributed by atoms with E-state index in [1.807, 2.05) is 19.9 Å². The van der Waals surface area contributed by atoms with Crippen molar-refractivity contribution >= 4 is 23.5 Å². The van der Waals surface area contributed by atoms with Gasteiger partial charge in [-0.15, -0.1) is 0 Å². The van der Waals surface area contributed by atoms with Crippen LogP contribution in [0.5, 0.6) is 0 Å². The second-order valence-corrected chi connectivity index (χ2v) is 6.13. The zero-order chi connectivity index (χ0) is 18.6. The minimum atomic E-state index is -1.31. The van der Waals surface area contributed by atoms with Crippen LogP contribution in [0.3, 0.4) is 0 Å². The van der Waals surface area contributed by atoms with Crippen LogP contribution < -0.4 is 10.6 Å². The van der Waals surface area contributed by atoms with Crippen LogP contribution in [-0.4, -0.2) is 32.5 Å². The molecule has 0 saturated carbocycles. The number of carbonyl (C=O) groups excluding carboxylic acids is 1. The lowest BCUT2D eigenvalue weighted by molar-refractivity contribution is -0.143. The number of nitrogens with zero attached hydrogens (tertiary/aromatic N) is 2. The van der Waals surface area contributed by atoms with E-state index in [1.54, 1.807) is 31.2 Å². The van der Waals surface area contributed by atoms with E-state index in [0.29, 0.717) is 17.2 Å². The molecule has 2 aromatic rings. The molecule has 0 aliphatic rings. The van der Waals surface area contributed by atoms with E-state index < -0.39 is 17.4 Å². The van der Waals surface area contributed by atoms with E-state index in [2.05, 4.69) is 20.6 Å². The van der Waals surface area contributed by atoms with Gasteiger partial charge in [0.1, 0.15) is 5.54 Å². The number of carboxylic acid groups (broad SMARTS) is 1. The lowest BCUT2D eigenvalue weighted by Crippen LogP contribution is -2.51. The molecule has 132 valence electrons. The van der Waals surface area contributed by atoms with Crippen molar-refractivity contribution in [3.05, 3.63) is 47.3 Å². The molecule has 0 bridgehead atoms. The van der Waals surface area contributed by atoms with E-state index >= 15 is 0 Å². The van der Waals surface area contributed by atoms with Crippen molar-refractivity contribution in [1.29, 1.82) is 0 Å². The fraction of sp³-hybridized carbons (Fsp3) is 0.333. The molecular formula is C18H22N4O3. The summed E-state index contributed by atoms with van der Waals surface area (Å²) < 4.78 is 0. The van der Waals surface area contributed by atoms with Crippen molar-refractivity contribution in [2.75, 3.05) is 5.32 Å². The highest BCUT2D eigenvalue weighted by molar-refractivity contribution is 5.98. The molecule has 3 N–H and O–H groups in total. The average molecular weight is 342 g/mol. The Hall–Kier alpha value is -2.96. The monoisotopic (exact) mass is 342 g/mol. The van der Waals surface area contributed by atoms with Crippen molar-refractivity contribution in [1.82, 2.24) is 15.3 Å². The number of hydrogen-bond donors (Lipinski definition) is 3. The van der Waals surface area contributed by atoms with Crippen LogP contribution in [-0.2, 0) is 4.79 Å².